The van der Waals surface area contributed by atoms with Gasteiger partial charge in [-0.25, -0.2) is 15.0 Å². The van der Waals surface area contributed by atoms with Gasteiger partial charge < -0.3 is 4.98 Å². The van der Waals surface area contributed by atoms with Crippen LogP contribution in [0, 0.1) is 0 Å². The fourth-order valence-corrected chi connectivity index (χ4v) is 1.85. The second-order valence-electron chi connectivity index (χ2n) is 2.81. The Morgan fingerprint density at radius 2 is 2.29 bits per heavy atom. The Balaban J connectivity index is 2.23. The van der Waals surface area contributed by atoms with Crippen LogP contribution in [0.4, 0.5) is 0 Å². The van der Waals surface area contributed by atoms with E-state index in [2.05, 4.69) is 19.9 Å². The minimum atomic E-state index is 0.676. The Bertz CT molecular complexity index is 555. The summed E-state index contributed by atoms with van der Waals surface area (Å²) in [6.45, 7) is 0. The first-order valence-corrected chi connectivity index (χ1v) is 5.01. The van der Waals surface area contributed by atoms with Gasteiger partial charge in [0, 0.05) is 29.4 Å². The summed E-state index contributed by atoms with van der Waals surface area (Å²) in [6.07, 6.45) is 5.41. The molecular formula is C9H6N4S. The molecule has 68 valence electrons. The molecule has 0 amide bonds. The van der Waals surface area contributed by atoms with Crippen LogP contribution in [0.3, 0.4) is 0 Å². The summed E-state index contributed by atoms with van der Waals surface area (Å²) < 4.78 is 0. The number of nitrogens with one attached hydrogen (secondary N) is 1. The molecule has 0 unspecified atom stereocenters. The highest BCUT2D eigenvalue weighted by atomic mass is 32.1. The van der Waals surface area contributed by atoms with Crippen molar-refractivity contribution < 1.29 is 0 Å². The SMILES string of the molecule is c1csc(-c2ncc3cc[nH]c3n2)n1. The number of aromatic amines is 1. The summed E-state index contributed by atoms with van der Waals surface area (Å²) in [4.78, 5) is 15.8. The molecule has 0 saturated heterocycles. The van der Waals surface area contributed by atoms with Gasteiger partial charge in [0.15, 0.2) is 10.8 Å². The largest absolute Gasteiger partial charge is 0.346 e. The highest BCUT2D eigenvalue weighted by Gasteiger charge is 2.04. The standard InChI is InChI=1S/C9H6N4S/c1-2-10-7-6(1)5-12-8(13-7)9-11-3-4-14-9/h1-5H,(H,10,12,13). The van der Waals surface area contributed by atoms with E-state index in [-0.39, 0.29) is 0 Å². The van der Waals surface area contributed by atoms with E-state index in [1.54, 1.807) is 12.4 Å². The van der Waals surface area contributed by atoms with Crippen molar-refractivity contribution in [3.8, 4) is 10.8 Å². The van der Waals surface area contributed by atoms with Gasteiger partial charge in [-0.15, -0.1) is 11.3 Å². The highest BCUT2D eigenvalue weighted by Crippen LogP contribution is 2.19. The molecule has 0 radical (unpaired) electrons. The van der Waals surface area contributed by atoms with Crippen molar-refractivity contribution in [3.05, 3.63) is 30.0 Å². The molecule has 0 bridgehead atoms. The Morgan fingerprint density at radius 1 is 1.29 bits per heavy atom. The Kier molecular flexibility index (Phi) is 1.57. The minimum Gasteiger partial charge on any atom is -0.346 e. The second-order valence-corrected chi connectivity index (χ2v) is 3.71. The molecule has 3 rings (SSSR count). The molecular weight excluding hydrogens is 196 g/mol. The maximum atomic E-state index is 4.36. The van der Waals surface area contributed by atoms with Crippen LogP contribution in [0.1, 0.15) is 0 Å². The van der Waals surface area contributed by atoms with Crippen LogP contribution in [0.5, 0.6) is 0 Å². The first kappa shape index (κ1) is 7.64. The average Bonchev–Trinajstić information content (AvgIpc) is 2.88. The van der Waals surface area contributed by atoms with E-state index in [4.69, 9.17) is 0 Å². The summed E-state index contributed by atoms with van der Waals surface area (Å²) in [7, 11) is 0. The molecule has 3 aromatic rings. The number of fused-ring (bicyclic) bond motifs is 1. The van der Waals surface area contributed by atoms with Crippen LogP contribution in [-0.4, -0.2) is 19.9 Å². The minimum absolute atomic E-state index is 0.676. The van der Waals surface area contributed by atoms with E-state index in [9.17, 15) is 0 Å². The van der Waals surface area contributed by atoms with Gasteiger partial charge in [0.2, 0.25) is 0 Å². The summed E-state index contributed by atoms with van der Waals surface area (Å²) in [6, 6.07) is 1.95. The quantitative estimate of drug-likeness (QED) is 0.657. The van der Waals surface area contributed by atoms with Gasteiger partial charge in [0.05, 0.1) is 0 Å². The van der Waals surface area contributed by atoms with Crippen LogP contribution >= 0.6 is 11.3 Å². The van der Waals surface area contributed by atoms with Gasteiger partial charge in [-0.1, -0.05) is 0 Å². The zero-order valence-corrected chi connectivity index (χ0v) is 7.95. The molecule has 0 saturated carbocycles. The third kappa shape index (κ3) is 1.10. The summed E-state index contributed by atoms with van der Waals surface area (Å²) in [5.41, 5.74) is 0.852. The Labute approximate surface area is 83.7 Å². The van der Waals surface area contributed by atoms with Crippen molar-refractivity contribution in [1.29, 1.82) is 0 Å². The Hall–Kier alpha value is -1.75. The third-order valence-corrected chi connectivity index (χ3v) is 2.69. The van der Waals surface area contributed by atoms with Crippen molar-refractivity contribution in [3.63, 3.8) is 0 Å². The molecule has 0 fully saturated rings. The normalized spacial score (nSPS) is 10.9. The molecule has 0 aromatic carbocycles. The van der Waals surface area contributed by atoms with Gasteiger partial charge in [-0.3, -0.25) is 0 Å². The van der Waals surface area contributed by atoms with E-state index in [0.29, 0.717) is 5.82 Å². The lowest BCUT2D eigenvalue weighted by Gasteiger charge is -1.93. The molecule has 1 N–H and O–H groups in total. The van der Waals surface area contributed by atoms with E-state index in [1.165, 1.54) is 11.3 Å². The maximum absolute atomic E-state index is 4.36. The number of rotatable bonds is 1. The van der Waals surface area contributed by atoms with Crippen molar-refractivity contribution >= 4 is 22.4 Å². The Morgan fingerprint density at radius 3 is 3.14 bits per heavy atom. The van der Waals surface area contributed by atoms with Crippen LogP contribution in [0.25, 0.3) is 21.9 Å². The van der Waals surface area contributed by atoms with Gasteiger partial charge in [0.1, 0.15) is 5.65 Å². The molecule has 14 heavy (non-hydrogen) atoms. The molecule has 0 atom stereocenters. The van der Waals surface area contributed by atoms with Gasteiger partial charge >= 0.3 is 0 Å². The number of aromatic nitrogens is 4. The van der Waals surface area contributed by atoms with Crippen molar-refractivity contribution in [2.24, 2.45) is 0 Å². The van der Waals surface area contributed by atoms with Gasteiger partial charge in [-0.05, 0) is 6.07 Å². The lowest BCUT2D eigenvalue weighted by Crippen LogP contribution is -1.87. The molecule has 3 aromatic heterocycles. The average molecular weight is 202 g/mol. The summed E-state index contributed by atoms with van der Waals surface area (Å²) in [5.74, 6) is 0.676. The molecule has 3 heterocycles. The van der Waals surface area contributed by atoms with E-state index >= 15 is 0 Å². The first-order valence-electron chi connectivity index (χ1n) is 4.13. The zero-order valence-electron chi connectivity index (χ0n) is 7.14. The van der Waals surface area contributed by atoms with Crippen molar-refractivity contribution in [1.82, 2.24) is 19.9 Å². The molecule has 0 spiro atoms. The van der Waals surface area contributed by atoms with E-state index < -0.39 is 0 Å². The van der Waals surface area contributed by atoms with Crippen LogP contribution < -0.4 is 0 Å². The lowest BCUT2D eigenvalue weighted by molar-refractivity contribution is 1.19. The van der Waals surface area contributed by atoms with Crippen molar-refractivity contribution in [2.45, 2.75) is 0 Å². The maximum Gasteiger partial charge on any atom is 0.190 e. The van der Waals surface area contributed by atoms with Crippen LogP contribution in [-0.2, 0) is 0 Å². The topological polar surface area (TPSA) is 54.5 Å². The predicted molar refractivity (Wildman–Crippen MR) is 55.0 cm³/mol. The van der Waals surface area contributed by atoms with Crippen LogP contribution in [0.15, 0.2) is 30.0 Å². The van der Waals surface area contributed by atoms with Gasteiger partial charge in [0.25, 0.3) is 0 Å². The number of nitrogens with zero attached hydrogens (tertiary/aromatic N) is 3. The fourth-order valence-electron chi connectivity index (χ4n) is 1.28. The zero-order chi connectivity index (χ0) is 9.38. The number of hydrogen-bond donors (Lipinski definition) is 1. The first-order chi connectivity index (χ1) is 6.93. The second kappa shape index (κ2) is 2.88. The monoisotopic (exact) mass is 202 g/mol. The molecule has 0 aliphatic carbocycles. The van der Waals surface area contributed by atoms with E-state index in [0.717, 1.165) is 16.0 Å². The van der Waals surface area contributed by atoms with Crippen LogP contribution in [0.2, 0.25) is 0 Å². The number of H-pyrrole nitrogens is 1. The lowest BCUT2D eigenvalue weighted by atomic mass is 10.4. The molecule has 0 aliphatic rings. The highest BCUT2D eigenvalue weighted by molar-refractivity contribution is 7.13. The number of hydrogen-bond acceptors (Lipinski definition) is 4. The third-order valence-electron chi connectivity index (χ3n) is 1.92. The predicted octanol–water partition coefficient (Wildman–Crippen LogP) is 2.08. The number of thiazole rings is 1. The molecule has 5 heteroatoms. The van der Waals surface area contributed by atoms with Crippen molar-refractivity contribution in [2.75, 3.05) is 0 Å². The van der Waals surface area contributed by atoms with Gasteiger partial charge in [-0.2, -0.15) is 0 Å². The molecule has 4 nitrogen and oxygen atoms in total. The summed E-state index contributed by atoms with van der Waals surface area (Å²) >= 11 is 1.54. The smallest absolute Gasteiger partial charge is 0.190 e. The summed E-state index contributed by atoms with van der Waals surface area (Å²) in [5, 5.41) is 3.78. The van der Waals surface area contributed by atoms with E-state index in [1.807, 2.05) is 17.6 Å². The molecule has 0 aliphatic heterocycles. The fraction of sp³-hybridized carbons (Fsp3) is 0.